The van der Waals surface area contributed by atoms with Gasteiger partial charge in [0.15, 0.2) is 0 Å². The molecule has 2 aromatic rings. The number of aromatic nitrogens is 2. The summed E-state index contributed by atoms with van der Waals surface area (Å²) in [7, 11) is 0. The first-order chi connectivity index (χ1) is 8.72. The molecule has 100 valence electrons. The van der Waals surface area contributed by atoms with Gasteiger partial charge in [-0.1, -0.05) is 6.07 Å². The summed E-state index contributed by atoms with van der Waals surface area (Å²) in [5.74, 6) is 0.667. The maximum absolute atomic E-state index is 4.52. The molecule has 0 atom stereocenters. The van der Waals surface area contributed by atoms with Crippen molar-refractivity contribution in [3.63, 3.8) is 0 Å². The van der Waals surface area contributed by atoms with Crippen LogP contribution < -0.4 is 10.6 Å². The summed E-state index contributed by atoms with van der Waals surface area (Å²) in [5, 5.41) is 6.52. The van der Waals surface area contributed by atoms with Crippen LogP contribution in [0.1, 0.15) is 22.4 Å². The van der Waals surface area contributed by atoms with Gasteiger partial charge in [0.25, 0.3) is 0 Å². The monoisotopic (exact) mass is 276 g/mol. The van der Waals surface area contributed by atoms with Crippen molar-refractivity contribution in [2.45, 2.75) is 26.9 Å². The van der Waals surface area contributed by atoms with Crippen LogP contribution in [0.25, 0.3) is 0 Å². The highest BCUT2D eigenvalue weighted by atomic mass is 35.5. The molecular formula is C14H17ClN4. The first kappa shape index (κ1) is 13.8. The zero-order chi connectivity index (χ0) is 12.5. The zero-order valence-electron chi connectivity index (χ0n) is 11.0. The Morgan fingerprint density at radius 3 is 2.79 bits per heavy atom. The van der Waals surface area contributed by atoms with Crippen molar-refractivity contribution < 1.29 is 0 Å². The highest BCUT2D eigenvalue weighted by Gasteiger charge is 2.12. The number of aryl methyl sites for hydroxylation is 2. The molecular weight excluding hydrogens is 260 g/mol. The molecule has 3 rings (SSSR count). The number of anilines is 2. The van der Waals surface area contributed by atoms with Crippen LogP contribution in [0.5, 0.6) is 0 Å². The number of halogens is 1. The SMILES string of the molecule is Cc1ccc(Nc2ncc3c(n2)CNC3)cc1C.Cl. The lowest BCUT2D eigenvalue weighted by Crippen LogP contribution is -2.01. The Kier molecular flexibility index (Phi) is 4.02. The molecule has 0 saturated heterocycles. The van der Waals surface area contributed by atoms with E-state index in [1.54, 1.807) is 0 Å². The number of nitrogens with one attached hydrogen (secondary N) is 2. The topological polar surface area (TPSA) is 49.8 Å². The van der Waals surface area contributed by atoms with Gasteiger partial charge < -0.3 is 10.6 Å². The third-order valence-corrected chi connectivity index (χ3v) is 3.33. The fourth-order valence-electron chi connectivity index (χ4n) is 2.07. The van der Waals surface area contributed by atoms with E-state index in [2.05, 4.69) is 52.6 Å². The Hall–Kier alpha value is -1.65. The Morgan fingerprint density at radius 1 is 1.16 bits per heavy atom. The van der Waals surface area contributed by atoms with Crippen molar-refractivity contribution in [1.29, 1.82) is 0 Å². The lowest BCUT2D eigenvalue weighted by molar-refractivity contribution is 0.758. The maximum atomic E-state index is 4.52. The summed E-state index contributed by atoms with van der Waals surface area (Å²) in [6, 6.07) is 6.27. The molecule has 2 N–H and O–H groups in total. The van der Waals surface area contributed by atoms with Crippen molar-refractivity contribution in [3.8, 4) is 0 Å². The highest BCUT2D eigenvalue weighted by molar-refractivity contribution is 5.85. The van der Waals surface area contributed by atoms with E-state index in [9.17, 15) is 0 Å². The zero-order valence-corrected chi connectivity index (χ0v) is 11.8. The number of nitrogens with zero attached hydrogens (tertiary/aromatic N) is 2. The van der Waals surface area contributed by atoms with E-state index in [4.69, 9.17) is 0 Å². The Bertz CT molecular complexity index is 598. The standard InChI is InChI=1S/C14H16N4.ClH/c1-9-3-4-12(5-10(9)2)17-14-16-7-11-6-15-8-13(11)18-14;/h3-5,7,15H,6,8H2,1-2H3,(H,16,17,18);1H. The smallest absolute Gasteiger partial charge is 0.227 e. The second-order valence-corrected chi connectivity index (χ2v) is 4.69. The molecule has 19 heavy (non-hydrogen) atoms. The average Bonchev–Trinajstić information content (AvgIpc) is 2.81. The van der Waals surface area contributed by atoms with Crippen molar-refractivity contribution in [2.24, 2.45) is 0 Å². The van der Waals surface area contributed by atoms with Crippen LogP contribution >= 0.6 is 12.4 Å². The van der Waals surface area contributed by atoms with Gasteiger partial charge in [-0.2, -0.15) is 0 Å². The summed E-state index contributed by atoms with van der Waals surface area (Å²) in [5.41, 5.74) is 5.88. The lowest BCUT2D eigenvalue weighted by Gasteiger charge is -2.08. The van der Waals surface area contributed by atoms with Crippen molar-refractivity contribution in [1.82, 2.24) is 15.3 Å². The summed E-state index contributed by atoms with van der Waals surface area (Å²) < 4.78 is 0. The molecule has 0 fully saturated rings. The van der Waals surface area contributed by atoms with Gasteiger partial charge in [-0.15, -0.1) is 12.4 Å². The van der Waals surface area contributed by atoms with E-state index >= 15 is 0 Å². The van der Waals surface area contributed by atoms with Crippen LogP contribution in [0.3, 0.4) is 0 Å². The molecule has 1 aromatic heterocycles. The van der Waals surface area contributed by atoms with Gasteiger partial charge in [-0.05, 0) is 37.1 Å². The molecule has 0 amide bonds. The Labute approximate surface area is 119 Å². The van der Waals surface area contributed by atoms with Gasteiger partial charge in [-0.25, -0.2) is 9.97 Å². The van der Waals surface area contributed by atoms with E-state index in [1.807, 2.05) is 6.20 Å². The molecule has 0 radical (unpaired) electrons. The largest absolute Gasteiger partial charge is 0.324 e. The maximum Gasteiger partial charge on any atom is 0.227 e. The number of rotatable bonds is 2. The first-order valence-electron chi connectivity index (χ1n) is 6.12. The molecule has 4 nitrogen and oxygen atoms in total. The van der Waals surface area contributed by atoms with E-state index in [0.29, 0.717) is 5.95 Å². The van der Waals surface area contributed by atoms with E-state index in [-0.39, 0.29) is 12.4 Å². The van der Waals surface area contributed by atoms with Crippen molar-refractivity contribution in [3.05, 3.63) is 46.8 Å². The Morgan fingerprint density at radius 2 is 2.00 bits per heavy atom. The number of benzene rings is 1. The summed E-state index contributed by atoms with van der Waals surface area (Å²) >= 11 is 0. The number of hydrogen-bond donors (Lipinski definition) is 2. The molecule has 0 spiro atoms. The molecule has 1 aromatic carbocycles. The predicted octanol–water partition coefficient (Wildman–Crippen LogP) is 2.86. The number of hydrogen-bond acceptors (Lipinski definition) is 4. The summed E-state index contributed by atoms with van der Waals surface area (Å²) in [6.07, 6.45) is 1.89. The molecule has 0 aliphatic carbocycles. The normalized spacial score (nSPS) is 12.7. The predicted molar refractivity (Wildman–Crippen MR) is 79.0 cm³/mol. The van der Waals surface area contributed by atoms with Gasteiger partial charge in [0.05, 0.1) is 5.69 Å². The first-order valence-corrected chi connectivity index (χ1v) is 6.12. The summed E-state index contributed by atoms with van der Waals surface area (Å²) in [6.45, 7) is 5.92. The minimum absolute atomic E-state index is 0. The summed E-state index contributed by atoms with van der Waals surface area (Å²) in [4.78, 5) is 8.85. The van der Waals surface area contributed by atoms with Crippen LogP contribution in [0.4, 0.5) is 11.6 Å². The third-order valence-electron chi connectivity index (χ3n) is 3.33. The fraction of sp³-hybridized carbons (Fsp3) is 0.286. The molecule has 0 bridgehead atoms. The van der Waals surface area contributed by atoms with Gasteiger partial charge in [0.1, 0.15) is 0 Å². The minimum Gasteiger partial charge on any atom is -0.324 e. The van der Waals surface area contributed by atoms with Crippen LogP contribution in [0, 0.1) is 13.8 Å². The van der Waals surface area contributed by atoms with E-state index in [1.165, 1.54) is 16.7 Å². The van der Waals surface area contributed by atoms with Crippen LogP contribution in [0.15, 0.2) is 24.4 Å². The van der Waals surface area contributed by atoms with Crippen LogP contribution in [-0.4, -0.2) is 9.97 Å². The number of fused-ring (bicyclic) bond motifs is 1. The minimum atomic E-state index is 0. The van der Waals surface area contributed by atoms with Crippen molar-refractivity contribution >= 4 is 24.0 Å². The van der Waals surface area contributed by atoms with Crippen LogP contribution in [-0.2, 0) is 13.1 Å². The molecule has 0 saturated carbocycles. The van der Waals surface area contributed by atoms with Gasteiger partial charge in [0, 0.05) is 30.5 Å². The Balaban J connectivity index is 0.00000133. The molecule has 0 unspecified atom stereocenters. The second kappa shape index (κ2) is 5.55. The average molecular weight is 277 g/mol. The third kappa shape index (κ3) is 2.85. The fourth-order valence-corrected chi connectivity index (χ4v) is 2.07. The lowest BCUT2D eigenvalue weighted by atomic mass is 10.1. The van der Waals surface area contributed by atoms with Crippen LogP contribution in [0.2, 0.25) is 0 Å². The molecule has 1 aliphatic heterocycles. The molecule has 1 aliphatic rings. The molecule has 5 heteroatoms. The van der Waals surface area contributed by atoms with Gasteiger partial charge in [0.2, 0.25) is 5.95 Å². The highest BCUT2D eigenvalue weighted by Crippen LogP contribution is 2.19. The second-order valence-electron chi connectivity index (χ2n) is 4.69. The van der Waals surface area contributed by atoms with E-state index in [0.717, 1.165) is 24.5 Å². The van der Waals surface area contributed by atoms with Gasteiger partial charge >= 0.3 is 0 Å². The van der Waals surface area contributed by atoms with E-state index < -0.39 is 0 Å². The van der Waals surface area contributed by atoms with Crippen molar-refractivity contribution in [2.75, 3.05) is 5.32 Å². The molecule has 2 heterocycles. The van der Waals surface area contributed by atoms with Gasteiger partial charge in [-0.3, -0.25) is 0 Å². The quantitative estimate of drug-likeness (QED) is 0.886.